The molecule has 5 heteroatoms. The number of aromatic nitrogens is 2. The molecule has 0 spiro atoms. The normalized spacial score (nSPS) is 12.3. The van der Waals surface area contributed by atoms with Gasteiger partial charge in [0.25, 0.3) is 0 Å². The van der Waals surface area contributed by atoms with Crippen LogP contribution < -0.4 is 10.1 Å². The molecule has 0 amide bonds. The van der Waals surface area contributed by atoms with Gasteiger partial charge in [-0.2, -0.15) is 0 Å². The number of benzene rings is 1. The molecule has 5 nitrogen and oxygen atoms in total. The van der Waals surface area contributed by atoms with Crippen molar-refractivity contribution >= 4 is 0 Å². The Labute approximate surface area is 112 Å². The highest BCUT2D eigenvalue weighted by molar-refractivity contribution is 5.29. The number of hydrogen-bond acceptors (Lipinski definition) is 4. The van der Waals surface area contributed by atoms with Crippen molar-refractivity contribution in [1.82, 2.24) is 14.9 Å². The first-order valence-electron chi connectivity index (χ1n) is 6.28. The van der Waals surface area contributed by atoms with Gasteiger partial charge in [-0.1, -0.05) is 12.1 Å². The van der Waals surface area contributed by atoms with Crippen LogP contribution in [0.25, 0.3) is 0 Å². The molecule has 1 unspecified atom stereocenters. The molecule has 2 N–H and O–H groups in total. The van der Waals surface area contributed by atoms with Crippen LogP contribution in [0.1, 0.15) is 11.7 Å². The van der Waals surface area contributed by atoms with Gasteiger partial charge in [0.05, 0.1) is 19.5 Å². The Bertz CT molecular complexity index is 485. The first-order chi connectivity index (χ1) is 9.29. The van der Waals surface area contributed by atoms with E-state index in [1.165, 1.54) is 0 Å². The van der Waals surface area contributed by atoms with Gasteiger partial charge in [0.15, 0.2) is 0 Å². The molecule has 1 atom stereocenters. The van der Waals surface area contributed by atoms with Gasteiger partial charge in [0.1, 0.15) is 5.75 Å². The molecule has 0 fully saturated rings. The summed E-state index contributed by atoms with van der Waals surface area (Å²) in [4.78, 5) is 3.97. The maximum Gasteiger partial charge on any atom is 0.119 e. The smallest absolute Gasteiger partial charge is 0.119 e. The summed E-state index contributed by atoms with van der Waals surface area (Å²) in [6.07, 6.45) is 4.92. The number of imidazole rings is 1. The molecule has 0 aliphatic rings. The van der Waals surface area contributed by atoms with Crippen molar-refractivity contribution in [2.24, 2.45) is 0 Å². The van der Waals surface area contributed by atoms with Gasteiger partial charge >= 0.3 is 0 Å². The van der Waals surface area contributed by atoms with Crippen LogP contribution in [0.4, 0.5) is 0 Å². The lowest BCUT2D eigenvalue weighted by atomic mass is 10.1. The predicted octanol–water partition coefficient (Wildman–Crippen LogP) is 1.21. The van der Waals surface area contributed by atoms with Gasteiger partial charge < -0.3 is 19.7 Å². The Morgan fingerprint density at radius 3 is 3.11 bits per heavy atom. The van der Waals surface area contributed by atoms with E-state index < -0.39 is 6.10 Å². The van der Waals surface area contributed by atoms with Gasteiger partial charge in [0.2, 0.25) is 0 Å². The van der Waals surface area contributed by atoms with Crippen LogP contribution in [0, 0.1) is 0 Å². The molecule has 0 radical (unpaired) electrons. The highest BCUT2D eigenvalue weighted by Gasteiger charge is 2.07. The van der Waals surface area contributed by atoms with E-state index in [4.69, 9.17) is 4.74 Å². The summed E-state index contributed by atoms with van der Waals surface area (Å²) in [7, 11) is 1.62. The van der Waals surface area contributed by atoms with Gasteiger partial charge in [-0.05, 0) is 17.7 Å². The fraction of sp³-hybridized carbons (Fsp3) is 0.357. The third-order valence-corrected chi connectivity index (χ3v) is 2.92. The lowest BCUT2D eigenvalue weighted by Gasteiger charge is -2.13. The van der Waals surface area contributed by atoms with E-state index in [2.05, 4.69) is 10.3 Å². The molecule has 0 aliphatic heterocycles. The zero-order valence-electron chi connectivity index (χ0n) is 11.0. The van der Waals surface area contributed by atoms with E-state index in [-0.39, 0.29) is 0 Å². The molecule has 0 saturated carbocycles. The summed E-state index contributed by atoms with van der Waals surface area (Å²) in [5.41, 5.74) is 0.856. The predicted molar refractivity (Wildman–Crippen MR) is 73.1 cm³/mol. The maximum atomic E-state index is 10.1. The zero-order chi connectivity index (χ0) is 13.5. The Balaban J connectivity index is 1.75. The van der Waals surface area contributed by atoms with E-state index in [0.29, 0.717) is 6.54 Å². The molecule has 1 aromatic heterocycles. The van der Waals surface area contributed by atoms with Crippen LogP contribution in [0.15, 0.2) is 43.0 Å². The molecule has 0 aliphatic carbocycles. The van der Waals surface area contributed by atoms with E-state index in [0.717, 1.165) is 24.4 Å². The molecule has 0 saturated heterocycles. The van der Waals surface area contributed by atoms with Crippen LogP contribution >= 0.6 is 0 Å². The minimum absolute atomic E-state index is 0.516. The second kappa shape index (κ2) is 6.92. The number of nitrogens with one attached hydrogen (secondary N) is 1. The van der Waals surface area contributed by atoms with Gasteiger partial charge in [-0.15, -0.1) is 0 Å². The zero-order valence-corrected chi connectivity index (χ0v) is 11.0. The van der Waals surface area contributed by atoms with Gasteiger partial charge in [0, 0.05) is 32.0 Å². The van der Waals surface area contributed by atoms with Crippen LogP contribution in [0.5, 0.6) is 5.75 Å². The highest BCUT2D eigenvalue weighted by atomic mass is 16.5. The number of ether oxygens (including phenoxy) is 1. The van der Waals surface area contributed by atoms with Crippen LogP contribution in [-0.4, -0.2) is 34.9 Å². The van der Waals surface area contributed by atoms with Gasteiger partial charge in [-0.3, -0.25) is 0 Å². The monoisotopic (exact) mass is 261 g/mol. The molecular weight excluding hydrogens is 242 g/mol. The van der Waals surface area contributed by atoms with Crippen molar-refractivity contribution in [1.29, 1.82) is 0 Å². The molecular formula is C14H19N3O2. The third-order valence-electron chi connectivity index (χ3n) is 2.92. The van der Waals surface area contributed by atoms with Crippen molar-refractivity contribution in [3.8, 4) is 5.75 Å². The third kappa shape index (κ3) is 4.08. The Morgan fingerprint density at radius 2 is 2.37 bits per heavy atom. The maximum absolute atomic E-state index is 10.1. The fourth-order valence-electron chi connectivity index (χ4n) is 1.83. The summed E-state index contributed by atoms with van der Waals surface area (Å²) in [5, 5.41) is 13.3. The van der Waals surface area contributed by atoms with Crippen molar-refractivity contribution in [2.75, 3.05) is 20.2 Å². The van der Waals surface area contributed by atoms with Crippen molar-refractivity contribution in [3.05, 3.63) is 48.5 Å². The standard InChI is InChI=1S/C14H19N3O2/c1-19-13-4-2-3-12(9-13)14(18)10-15-5-7-17-8-6-16-11-17/h2-4,6,8-9,11,14-15,18H,5,7,10H2,1H3. The van der Waals surface area contributed by atoms with Crippen LogP contribution in [0.2, 0.25) is 0 Å². The minimum Gasteiger partial charge on any atom is -0.497 e. The topological polar surface area (TPSA) is 59.3 Å². The molecule has 2 aromatic rings. The first-order valence-corrected chi connectivity index (χ1v) is 6.28. The summed E-state index contributed by atoms with van der Waals surface area (Å²) in [6, 6.07) is 7.48. The van der Waals surface area contributed by atoms with Crippen molar-refractivity contribution in [3.63, 3.8) is 0 Å². The Morgan fingerprint density at radius 1 is 1.47 bits per heavy atom. The van der Waals surface area contributed by atoms with Crippen LogP contribution in [-0.2, 0) is 6.54 Å². The summed E-state index contributed by atoms with van der Waals surface area (Å²) in [5.74, 6) is 0.759. The first kappa shape index (κ1) is 13.6. The second-order valence-electron chi connectivity index (χ2n) is 4.30. The minimum atomic E-state index is -0.530. The summed E-state index contributed by atoms with van der Waals surface area (Å²) >= 11 is 0. The Hall–Kier alpha value is -1.85. The molecule has 1 aromatic carbocycles. The van der Waals surface area contributed by atoms with Gasteiger partial charge in [-0.25, -0.2) is 4.98 Å². The SMILES string of the molecule is COc1cccc(C(O)CNCCn2ccnc2)c1. The van der Waals surface area contributed by atoms with Crippen molar-refractivity contribution in [2.45, 2.75) is 12.6 Å². The fourth-order valence-corrected chi connectivity index (χ4v) is 1.83. The van der Waals surface area contributed by atoms with Crippen LogP contribution in [0.3, 0.4) is 0 Å². The molecule has 19 heavy (non-hydrogen) atoms. The number of methoxy groups -OCH3 is 1. The number of rotatable bonds is 7. The van der Waals surface area contributed by atoms with E-state index in [9.17, 15) is 5.11 Å². The molecule has 1 heterocycles. The average molecular weight is 261 g/mol. The van der Waals surface area contributed by atoms with E-state index in [1.807, 2.05) is 35.0 Å². The average Bonchev–Trinajstić information content (AvgIpc) is 2.96. The summed E-state index contributed by atoms with van der Waals surface area (Å²) < 4.78 is 7.13. The molecule has 102 valence electrons. The quantitative estimate of drug-likeness (QED) is 0.736. The molecule has 2 rings (SSSR count). The van der Waals surface area contributed by atoms with Crippen molar-refractivity contribution < 1.29 is 9.84 Å². The summed E-state index contributed by atoms with van der Waals surface area (Å²) in [6.45, 7) is 2.14. The number of aliphatic hydroxyl groups is 1. The molecule has 0 bridgehead atoms. The second-order valence-corrected chi connectivity index (χ2v) is 4.30. The lowest BCUT2D eigenvalue weighted by molar-refractivity contribution is 0.174. The van der Waals surface area contributed by atoms with E-state index >= 15 is 0 Å². The number of hydrogen-bond donors (Lipinski definition) is 2. The lowest BCUT2D eigenvalue weighted by Crippen LogP contribution is -2.25. The Kier molecular flexibility index (Phi) is 4.94. The highest BCUT2D eigenvalue weighted by Crippen LogP contribution is 2.18. The number of nitrogens with zero attached hydrogens (tertiary/aromatic N) is 2. The number of aliphatic hydroxyl groups excluding tert-OH is 1. The largest absolute Gasteiger partial charge is 0.497 e. The van der Waals surface area contributed by atoms with E-state index in [1.54, 1.807) is 19.6 Å².